The first-order valence-electron chi connectivity index (χ1n) is 7.73. The van der Waals surface area contributed by atoms with E-state index in [1.165, 1.54) is 7.11 Å². The van der Waals surface area contributed by atoms with E-state index in [0.717, 1.165) is 42.4 Å². The molecule has 1 saturated heterocycles. The Morgan fingerprint density at radius 1 is 1.21 bits per heavy atom. The molecule has 1 N–H and O–H groups in total. The number of methoxy groups -OCH3 is 1. The maximum absolute atomic E-state index is 12.2. The van der Waals surface area contributed by atoms with Gasteiger partial charge in [-0.15, -0.1) is 0 Å². The van der Waals surface area contributed by atoms with E-state index in [-0.39, 0.29) is 12.0 Å². The summed E-state index contributed by atoms with van der Waals surface area (Å²) in [5.74, 6) is -0.113. The maximum atomic E-state index is 12.2. The van der Waals surface area contributed by atoms with Crippen molar-refractivity contribution >= 4 is 34.8 Å². The van der Waals surface area contributed by atoms with Gasteiger partial charge in [-0.05, 0) is 18.2 Å². The average Bonchev–Trinajstić information content (AvgIpc) is 3.09. The molecule has 0 unspecified atom stereocenters. The van der Waals surface area contributed by atoms with Gasteiger partial charge in [0, 0.05) is 44.8 Å². The van der Waals surface area contributed by atoms with Gasteiger partial charge >= 0.3 is 6.09 Å². The first kappa shape index (κ1) is 16.6. The number of piperazine rings is 1. The molecule has 0 spiro atoms. The monoisotopic (exact) mass is 349 g/mol. The highest BCUT2D eigenvalue weighted by atomic mass is 32.1. The van der Waals surface area contributed by atoms with Crippen LogP contribution in [0.4, 0.5) is 4.79 Å². The zero-order chi connectivity index (χ0) is 16.9. The fraction of sp³-hybridized carbons (Fsp3) is 0.467. The summed E-state index contributed by atoms with van der Waals surface area (Å²) in [5, 5.41) is 2.92. The minimum absolute atomic E-state index is 0.113. The van der Waals surface area contributed by atoms with E-state index in [4.69, 9.17) is 4.74 Å². The third kappa shape index (κ3) is 3.80. The van der Waals surface area contributed by atoms with Gasteiger partial charge in [0.15, 0.2) is 0 Å². The Morgan fingerprint density at radius 3 is 2.71 bits per heavy atom. The lowest BCUT2D eigenvalue weighted by atomic mass is 10.2. The number of benzene rings is 1. The number of nitrogens with one attached hydrogen (secondary N) is 1. The molecule has 0 saturated carbocycles. The van der Waals surface area contributed by atoms with E-state index < -0.39 is 0 Å². The fourth-order valence-corrected chi connectivity index (χ4v) is 3.15. The first-order chi connectivity index (χ1) is 11.7. The molecule has 0 bridgehead atoms. The van der Waals surface area contributed by atoms with Crippen molar-refractivity contribution < 1.29 is 14.3 Å². The largest absolute Gasteiger partial charge is 0.453 e. The Balaban J connectivity index is 1.43. The average molecular weight is 349 g/mol. The molecule has 0 aliphatic carbocycles. The second-order valence-electron chi connectivity index (χ2n) is 5.52. The summed E-state index contributed by atoms with van der Waals surface area (Å²) in [4.78, 5) is 27.5. The number of aromatic nitrogens is 2. The van der Waals surface area contributed by atoms with Crippen LogP contribution in [0, 0.1) is 0 Å². The van der Waals surface area contributed by atoms with Gasteiger partial charge in [-0.25, -0.2) is 4.79 Å². The molecule has 3 rings (SSSR count). The highest BCUT2D eigenvalue weighted by molar-refractivity contribution is 7.00. The molecular formula is C15H19N5O3S. The summed E-state index contributed by atoms with van der Waals surface area (Å²) < 4.78 is 13.0. The maximum Gasteiger partial charge on any atom is 0.409 e. The summed E-state index contributed by atoms with van der Waals surface area (Å²) in [5.41, 5.74) is 2.14. The van der Waals surface area contributed by atoms with Crippen molar-refractivity contribution in [1.29, 1.82) is 0 Å². The molecule has 2 amide bonds. The van der Waals surface area contributed by atoms with Crippen LogP contribution in [-0.2, 0) is 4.74 Å². The van der Waals surface area contributed by atoms with E-state index in [2.05, 4.69) is 19.0 Å². The van der Waals surface area contributed by atoms with E-state index in [1.54, 1.807) is 23.1 Å². The van der Waals surface area contributed by atoms with Gasteiger partial charge < -0.3 is 15.0 Å². The number of hydrogen-bond donors (Lipinski definition) is 1. The molecule has 1 aliphatic rings. The second-order valence-corrected chi connectivity index (χ2v) is 6.05. The number of nitrogens with zero attached hydrogens (tertiary/aromatic N) is 4. The highest BCUT2D eigenvalue weighted by Gasteiger charge is 2.21. The van der Waals surface area contributed by atoms with E-state index in [0.29, 0.717) is 25.2 Å². The predicted octanol–water partition coefficient (Wildman–Crippen LogP) is 0.805. The molecule has 1 fully saturated rings. The van der Waals surface area contributed by atoms with Gasteiger partial charge in [0.1, 0.15) is 11.0 Å². The Labute approximate surface area is 143 Å². The zero-order valence-corrected chi connectivity index (χ0v) is 14.2. The molecule has 1 aromatic carbocycles. The first-order valence-corrected chi connectivity index (χ1v) is 8.46. The van der Waals surface area contributed by atoms with E-state index in [9.17, 15) is 9.59 Å². The van der Waals surface area contributed by atoms with Crippen LogP contribution in [0.3, 0.4) is 0 Å². The number of fused-ring (bicyclic) bond motifs is 1. The summed E-state index contributed by atoms with van der Waals surface area (Å²) >= 11 is 1.14. The lowest BCUT2D eigenvalue weighted by Crippen LogP contribution is -2.50. The molecule has 0 radical (unpaired) electrons. The van der Waals surface area contributed by atoms with Crippen LogP contribution >= 0.6 is 11.7 Å². The van der Waals surface area contributed by atoms with E-state index in [1.807, 2.05) is 0 Å². The predicted molar refractivity (Wildman–Crippen MR) is 90.2 cm³/mol. The molecule has 8 nitrogen and oxygen atoms in total. The second kappa shape index (κ2) is 7.54. The summed E-state index contributed by atoms with van der Waals surface area (Å²) in [6, 6.07) is 5.32. The van der Waals surface area contributed by atoms with Crippen molar-refractivity contribution in [1.82, 2.24) is 23.9 Å². The Kier molecular flexibility index (Phi) is 5.21. The third-order valence-electron chi connectivity index (χ3n) is 4.03. The third-order valence-corrected chi connectivity index (χ3v) is 4.59. The summed E-state index contributed by atoms with van der Waals surface area (Å²) in [7, 11) is 1.39. The lowest BCUT2D eigenvalue weighted by Gasteiger charge is -2.33. The van der Waals surface area contributed by atoms with Crippen molar-refractivity contribution in [2.45, 2.75) is 0 Å². The van der Waals surface area contributed by atoms with Gasteiger partial charge in [-0.1, -0.05) is 0 Å². The van der Waals surface area contributed by atoms with Crippen LogP contribution in [0.1, 0.15) is 10.4 Å². The fourth-order valence-electron chi connectivity index (χ4n) is 2.64. The standard InChI is InChI=1S/C15H19N5O3S/c1-23-15(22)20-8-6-19(7-9-20)5-4-16-14(21)11-2-3-12-13(10-11)18-24-17-12/h2-3,10H,4-9H2,1H3,(H,16,21). The van der Waals surface area contributed by atoms with Crippen LogP contribution in [0.2, 0.25) is 0 Å². The van der Waals surface area contributed by atoms with Gasteiger partial charge in [0.05, 0.1) is 18.8 Å². The van der Waals surface area contributed by atoms with Crippen LogP contribution in [-0.4, -0.2) is 76.9 Å². The molecule has 1 aliphatic heterocycles. The Morgan fingerprint density at radius 2 is 1.96 bits per heavy atom. The highest BCUT2D eigenvalue weighted by Crippen LogP contribution is 2.13. The van der Waals surface area contributed by atoms with Gasteiger partial charge in [0.25, 0.3) is 5.91 Å². The van der Waals surface area contributed by atoms with Crippen molar-refractivity contribution in [3.8, 4) is 0 Å². The molecule has 128 valence electrons. The SMILES string of the molecule is COC(=O)N1CCN(CCNC(=O)c2ccc3nsnc3c2)CC1. The molecule has 24 heavy (non-hydrogen) atoms. The smallest absolute Gasteiger partial charge is 0.409 e. The number of rotatable bonds is 4. The van der Waals surface area contributed by atoms with Crippen LogP contribution in [0.15, 0.2) is 18.2 Å². The van der Waals surface area contributed by atoms with Gasteiger partial charge in [-0.2, -0.15) is 8.75 Å². The molecular weight excluding hydrogens is 330 g/mol. The molecule has 0 atom stereocenters. The molecule has 2 heterocycles. The number of amides is 2. The van der Waals surface area contributed by atoms with Crippen molar-refractivity contribution in [2.24, 2.45) is 0 Å². The Bertz CT molecular complexity index is 727. The van der Waals surface area contributed by atoms with Crippen molar-refractivity contribution in [3.05, 3.63) is 23.8 Å². The number of carbonyl (C=O) groups excluding carboxylic acids is 2. The Hall–Kier alpha value is -2.26. The van der Waals surface area contributed by atoms with Crippen LogP contribution in [0.5, 0.6) is 0 Å². The quantitative estimate of drug-likeness (QED) is 0.879. The number of ether oxygens (including phenoxy) is 1. The summed E-state index contributed by atoms with van der Waals surface area (Å²) in [6.07, 6.45) is -0.283. The summed E-state index contributed by atoms with van der Waals surface area (Å²) in [6.45, 7) is 4.16. The van der Waals surface area contributed by atoms with Gasteiger partial charge in [-0.3, -0.25) is 9.69 Å². The minimum atomic E-state index is -0.283. The van der Waals surface area contributed by atoms with Crippen LogP contribution in [0.25, 0.3) is 11.0 Å². The number of carbonyl (C=O) groups is 2. The molecule has 1 aromatic heterocycles. The lowest BCUT2D eigenvalue weighted by molar-refractivity contribution is 0.0885. The molecule has 2 aromatic rings. The number of hydrogen-bond acceptors (Lipinski definition) is 7. The molecule has 9 heteroatoms. The minimum Gasteiger partial charge on any atom is -0.453 e. The van der Waals surface area contributed by atoms with Crippen LogP contribution < -0.4 is 5.32 Å². The van der Waals surface area contributed by atoms with Gasteiger partial charge in [0.2, 0.25) is 0 Å². The normalized spacial score (nSPS) is 15.5. The zero-order valence-electron chi connectivity index (χ0n) is 13.4. The van der Waals surface area contributed by atoms with E-state index >= 15 is 0 Å². The topological polar surface area (TPSA) is 87.7 Å². The van der Waals surface area contributed by atoms with Crippen molar-refractivity contribution in [3.63, 3.8) is 0 Å². The van der Waals surface area contributed by atoms with Crippen molar-refractivity contribution in [2.75, 3.05) is 46.4 Å².